The number of rotatable bonds is 3. The van der Waals surface area contributed by atoms with Crippen molar-refractivity contribution in [1.82, 2.24) is 9.80 Å². The van der Waals surface area contributed by atoms with Crippen LogP contribution in [0.5, 0.6) is 0 Å². The predicted molar refractivity (Wildman–Crippen MR) is 100 cm³/mol. The highest BCUT2D eigenvalue weighted by atomic mass is 19.1. The molecule has 6 heteroatoms. The fourth-order valence-corrected chi connectivity index (χ4v) is 4.72. The Morgan fingerprint density at radius 1 is 1.33 bits per heavy atom. The average molecular weight is 376 g/mol. The summed E-state index contributed by atoms with van der Waals surface area (Å²) in [4.78, 5) is 16.8. The lowest BCUT2D eigenvalue weighted by Crippen LogP contribution is -2.43. The van der Waals surface area contributed by atoms with E-state index in [0.29, 0.717) is 24.2 Å². The van der Waals surface area contributed by atoms with Gasteiger partial charge >= 0.3 is 0 Å². The number of hydrogen-bond donors (Lipinski definition) is 1. The fourth-order valence-electron chi connectivity index (χ4n) is 4.72. The SMILES string of the molecule is Cc1ccc(C(=O)N2CCC3(CC2)CO[C@@H](CN2CC[C@H](O)C2)C3)cc1F. The van der Waals surface area contributed by atoms with Crippen molar-refractivity contribution in [2.45, 2.75) is 44.8 Å². The Bertz CT molecular complexity index is 703. The second kappa shape index (κ2) is 7.49. The molecule has 1 aromatic carbocycles. The first-order chi connectivity index (χ1) is 12.9. The van der Waals surface area contributed by atoms with Gasteiger partial charge in [0.15, 0.2) is 0 Å². The van der Waals surface area contributed by atoms with Crippen molar-refractivity contribution >= 4 is 5.91 Å². The fraction of sp³-hybridized carbons (Fsp3) is 0.667. The molecule has 3 aliphatic rings. The van der Waals surface area contributed by atoms with Crippen LogP contribution in [0.4, 0.5) is 4.39 Å². The van der Waals surface area contributed by atoms with E-state index in [9.17, 15) is 14.3 Å². The number of aliphatic hydroxyl groups is 1. The maximum absolute atomic E-state index is 13.8. The molecule has 27 heavy (non-hydrogen) atoms. The van der Waals surface area contributed by atoms with Crippen molar-refractivity contribution in [2.24, 2.45) is 5.41 Å². The van der Waals surface area contributed by atoms with E-state index in [2.05, 4.69) is 4.90 Å². The van der Waals surface area contributed by atoms with E-state index < -0.39 is 0 Å². The molecule has 3 heterocycles. The zero-order chi connectivity index (χ0) is 19.0. The summed E-state index contributed by atoms with van der Waals surface area (Å²) in [5.74, 6) is -0.404. The molecule has 4 rings (SSSR count). The maximum atomic E-state index is 13.8. The second-order valence-electron chi connectivity index (χ2n) is 8.60. The van der Waals surface area contributed by atoms with Gasteiger partial charge in [0.1, 0.15) is 5.82 Å². The van der Waals surface area contributed by atoms with Crippen LogP contribution in [0.15, 0.2) is 18.2 Å². The largest absolute Gasteiger partial charge is 0.392 e. The topological polar surface area (TPSA) is 53.0 Å². The Labute approximate surface area is 160 Å². The Morgan fingerprint density at radius 3 is 2.78 bits per heavy atom. The first kappa shape index (κ1) is 18.8. The minimum Gasteiger partial charge on any atom is -0.392 e. The number of β-amino-alcohol motifs (C(OH)–C–C–N with tert-alkyl or cyclic N) is 1. The number of piperidine rings is 1. The molecule has 0 bridgehead atoms. The van der Waals surface area contributed by atoms with Crippen molar-refractivity contribution in [3.05, 3.63) is 35.1 Å². The molecular formula is C21H29FN2O3. The number of amides is 1. The van der Waals surface area contributed by atoms with Gasteiger partial charge in [-0.2, -0.15) is 0 Å². The highest BCUT2D eigenvalue weighted by Crippen LogP contribution is 2.42. The summed E-state index contributed by atoms with van der Waals surface area (Å²) >= 11 is 0. The van der Waals surface area contributed by atoms with Crippen LogP contribution in [0.25, 0.3) is 0 Å². The van der Waals surface area contributed by atoms with Gasteiger partial charge in [0.25, 0.3) is 5.91 Å². The third-order valence-electron chi connectivity index (χ3n) is 6.53. The van der Waals surface area contributed by atoms with Crippen LogP contribution < -0.4 is 0 Å². The molecule has 2 atom stereocenters. The predicted octanol–water partition coefficient (Wildman–Crippen LogP) is 2.21. The number of hydrogen-bond acceptors (Lipinski definition) is 4. The zero-order valence-electron chi connectivity index (χ0n) is 16.0. The standard InChI is InChI=1S/C21H29FN2O3/c1-15-2-3-16(10-19(15)22)20(26)24-8-5-21(6-9-24)11-18(27-14-21)13-23-7-4-17(25)12-23/h2-3,10,17-18,25H,4-9,11-14H2,1H3/t17-,18+/m0/s1. The van der Waals surface area contributed by atoms with Crippen molar-refractivity contribution < 1.29 is 19.0 Å². The number of halogens is 1. The molecule has 1 aromatic rings. The Hall–Kier alpha value is -1.50. The van der Waals surface area contributed by atoms with Gasteiger partial charge in [0, 0.05) is 38.3 Å². The van der Waals surface area contributed by atoms with Crippen LogP contribution in [0.2, 0.25) is 0 Å². The van der Waals surface area contributed by atoms with Crippen molar-refractivity contribution in [3.63, 3.8) is 0 Å². The van der Waals surface area contributed by atoms with Crippen LogP contribution in [0.1, 0.15) is 41.6 Å². The summed E-state index contributed by atoms with van der Waals surface area (Å²) in [6.45, 7) is 6.46. The molecule has 3 saturated heterocycles. The van der Waals surface area contributed by atoms with E-state index >= 15 is 0 Å². The number of benzene rings is 1. The van der Waals surface area contributed by atoms with E-state index in [1.165, 1.54) is 6.07 Å². The van der Waals surface area contributed by atoms with Gasteiger partial charge in [-0.1, -0.05) is 6.07 Å². The van der Waals surface area contributed by atoms with Crippen LogP contribution in [0, 0.1) is 18.2 Å². The molecule has 1 spiro atoms. The summed E-state index contributed by atoms with van der Waals surface area (Å²) in [5.41, 5.74) is 1.16. The van der Waals surface area contributed by atoms with E-state index in [-0.39, 0.29) is 29.3 Å². The molecule has 1 amide bonds. The first-order valence-corrected chi connectivity index (χ1v) is 10.0. The first-order valence-electron chi connectivity index (χ1n) is 10.0. The molecule has 0 aliphatic carbocycles. The summed E-state index contributed by atoms with van der Waals surface area (Å²) in [5, 5.41) is 9.68. The zero-order valence-corrected chi connectivity index (χ0v) is 16.0. The summed E-state index contributed by atoms with van der Waals surface area (Å²) < 4.78 is 19.9. The van der Waals surface area contributed by atoms with E-state index in [1.54, 1.807) is 19.1 Å². The van der Waals surface area contributed by atoms with E-state index in [4.69, 9.17) is 4.74 Å². The molecular weight excluding hydrogens is 347 g/mol. The Balaban J connectivity index is 1.31. The van der Waals surface area contributed by atoms with Gasteiger partial charge in [-0.05, 0) is 55.7 Å². The van der Waals surface area contributed by atoms with Crippen LogP contribution in [-0.2, 0) is 4.74 Å². The number of likely N-dealkylation sites (tertiary alicyclic amines) is 2. The normalized spacial score (nSPS) is 28.2. The minimum absolute atomic E-state index is 0.0785. The molecule has 0 radical (unpaired) electrons. The van der Waals surface area contributed by atoms with Crippen molar-refractivity contribution in [3.8, 4) is 0 Å². The lowest BCUT2D eigenvalue weighted by molar-refractivity contribution is 0.0451. The minimum atomic E-state index is -0.326. The molecule has 0 aromatic heterocycles. The number of carbonyl (C=O) groups excluding carboxylic acids is 1. The van der Waals surface area contributed by atoms with Gasteiger partial charge in [-0.15, -0.1) is 0 Å². The summed E-state index contributed by atoms with van der Waals surface area (Å²) in [7, 11) is 0. The van der Waals surface area contributed by atoms with Gasteiger partial charge < -0.3 is 14.7 Å². The molecule has 5 nitrogen and oxygen atoms in total. The Kier molecular flexibility index (Phi) is 5.23. The van der Waals surface area contributed by atoms with Crippen LogP contribution >= 0.6 is 0 Å². The Morgan fingerprint density at radius 2 is 2.11 bits per heavy atom. The highest BCUT2D eigenvalue weighted by molar-refractivity contribution is 5.94. The summed E-state index contributed by atoms with van der Waals surface area (Å²) in [6, 6.07) is 4.73. The molecule has 0 saturated carbocycles. The highest BCUT2D eigenvalue weighted by Gasteiger charge is 2.43. The number of aryl methyl sites for hydroxylation is 1. The molecule has 148 valence electrons. The average Bonchev–Trinajstić information content (AvgIpc) is 3.24. The monoisotopic (exact) mass is 376 g/mol. The number of carbonyl (C=O) groups is 1. The second-order valence-corrected chi connectivity index (χ2v) is 8.60. The number of aliphatic hydroxyl groups excluding tert-OH is 1. The van der Waals surface area contributed by atoms with E-state index in [0.717, 1.165) is 51.9 Å². The molecule has 3 fully saturated rings. The lowest BCUT2D eigenvalue weighted by atomic mass is 9.76. The molecule has 1 N–H and O–H groups in total. The maximum Gasteiger partial charge on any atom is 0.253 e. The third kappa shape index (κ3) is 4.03. The van der Waals surface area contributed by atoms with Gasteiger partial charge in [-0.3, -0.25) is 9.69 Å². The number of ether oxygens (including phenoxy) is 1. The van der Waals surface area contributed by atoms with Crippen LogP contribution in [0.3, 0.4) is 0 Å². The molecule has 0 unspecified atom stereocenters. The van der Waals surface area contributed by atoms with Crippen molar-refractivity contribution in [1.29, 1.82) is 0 Å². The van der Waals surface area contributed by atoms with Crippen molar-refractivity contribution in [2.75, 3.05) is 39.3 Å². The number of nitrogens with zero attached hydrogens (tertiary/aromatic N) is 2. The third-order valence-corrected chi connectivity index (χ3v) is 6.53. The van der Waals surface area contributed by atoms with Gasteiger partial charge in [-0.25, -0.2) is 4.39 Å². The van der Waals surface area contributed by atoms with Crippen LogP contribution in [-0.4, -0.2) is 72.4 Å². The quantitative estimate of drug-likeness (QED) is 0.879. The van der Waals surface area contributed by atoms with Gasteiger partial charge in [0.2, 0.25) is 0 Å². The van der Waals surface area contributed by atoms with E-state index in [1.807, 2.05) is 4.90 Å². The molecule has 3 aliphatic heterocycles. The van der Waals surface area contributed by atoms with Gasteiger partial charge in [0.05, 0.1) is 18.8 Å². The smallest absolute Gasteiger partial charge is 0.253 e. The summed E-state index contributed by atoms with van der Waals surface area (Å²) in [6.07, 6.45) is 3.79. The lowest BCUT2D eigenvalue weighted by Gasteiger charge is -2.38.